The Morgan fingerprint density at radius 1 is 1.18 bits per heavy atom. The fourth-order valence-electron chi connectivity index (χ4n) is 3.87. The first kappa shape index (κ1) is 21.8. The number of furan rings is 1. The molecule has 5 rings (SSSR count). The number of aromatic amines is 1. The van der Waals surface area contributed by atoms with Crippen molar-refractivity contribution in [3.8, 4) is 0 Å². The molecule has 172 valence electrons. The van der Waals surface area contributed by atoms with Crippen LogP contribution >= 0.6 is 11.3 Å². The van der Waals surface area contributed by atoms with Gasteiger partial charge in [-0.3, -0.25) is 19.3 Å². The number of rotatable bonds is 5. The first-order valence-electron chi connectivity index (χ1n) is 10.5. The van der Waals surface area contributed by atoms with E-state index in [1.54, 1.807) is 19.1 Å². The monoisotopic (exact) mass is 477 g/mol. The zero-order chi connectivity index (χ0) is 24.1. The molecule has 4 aromatic rings. The number of carbonyl (C=O) groups excluding carboxylic acids is 3. The molecule has 0 bridgehead atoms. The van der Waals surface area contributed by atoms with Crippen molar-refractivity contribution in [3.05, 3.63) is 85.7 Å². The van der Waals surface area contributed by atoms with Gasteiger partial charge in [-0.05, 0) is 56.7 Å². The normalized spacial score (nSPS) is 14.0. The zero-order valence-corrected chi connectivity index (χ0v) is 19.3. The lowest BCUT2D eigenvalue weighted by Crippen LogP contribution is -2.28. The van der Waals surface area contributed by atoms with Crippen molar-refractivity contribution in [1.29, 1.82) is 0 Å². The molecule has 0 aliphatic carbocycles. The van der Waals surface area contributed by atoms with Crippen LogP contribution in [0.15, 0.2) is 45.8 Å². The van der Waals surface area contributed by atoms with E-state index in [1.165, 1.54) is 35.8 Å². The minimum atomic E-state index is -0.839. The molecule has 0 unspecified atom stereocenters. The number of hydrogen-bond acceptors (Lipinski definition) is 8. The summed E-state index contributed by atoms with van der Waals surface area (Å²) < 4.78 is 10.7. The number of H-pyrrole nitrogens is 1. The molecule has 1 atom stereocenters. The SMILES string of the molecule is Cc1sc2nc([C@@H](C)OC(=O)c3ccc4c(c3)C(=O)N(Cc3ccco3)C4=O)[nH]c(=O)c2c1C. The van der Waals surface area contributed by atoms with Gasteiger partial charge in [-0.1, -0.05) is 0 Å². The average Bonchev–Trinajstić information content (AvgIpc) is 3.49. The molecule has 2 amide bonds. The van der Waals surface area contributed by atoms with Crippen molar-refractivity contribution in [2.24, 2.45) is 0 Å². The number of imide groups is 1. The molecule has 0 saturated carbocycles. The van der Waals surface area contributed by atoms with E-state index < -0.39 is 23.9 Å². The number of hydrogen-bond donors (Lipinski definition) is 1. The number of ether oxygens (including phenoxy) is 1. The van der Waals surface area contributed by atoms with Crippen LogP contribution in [0.2, 0.25) is 0 Å². The van der Waals surface area contributed by atoms with Crippen LogP contribution in [0.4, 0.5) is 0 Å². The van der Waals surface area contributed by atoms with E-state index in [0.717, 1.165) is 15.3 Å². The molecule has 1 N–H and O–H groups in total. The second kappa shape index (κ2) is 8.07. The minimum absolute atomic E-state index is 0.000655. The van der Waals surface area contributed by atoms with Gasteiger partial charge in [-0.2, -0.15) is 0 Å². The highest BCUT2D eigenvalue weighted by Crippen LogP contribution is 2.28. The Hall–Kier alpha value is -4.05. The summed E-state index contributed by atoms with van der Waals surface area (Å²) in [7, 11) is 0. The van der Waals surface area contributed by atoms with Crippen molar-refractivity contribution in [2.75, 3.05) is 0 Å². The Morgan fingerprint density at radius 2 is 1.94 bits per heavy atom. The minimum Gasteiger partial charge on any atom is -0.467 e. The standard InChI is InChI=1S/C24H19N3O6S/c1-11-13(3)34-21-18(11)20(28)25-19(26-21)12(2)33-24(31)14-6-7-16-17(9-14)23(30)27(22(16)29)10-15-5-4-8-32-15/h4-9,12H,10H2,1-3H3,(H,25,26,28)/t12-/m1/s1. The number of thiophene rings is 1. The van der Waals surface area contributed by atoms with Gasteiger partial charge in [0, 0.05) is 4.88 Å². The summed E-state index contributed by atoms with van der Waals surface area (Å²) in [5, 5.41) is 0.533. The van der Waals surface area contributed by atoms with E-state index in [-0.39, 0.29) is 34.6 Å². The largest absolute Gasteiger partial charge is 0.467 e. The van der Waals surface area contributed by atoms with Gasteiger partial charge in [-0.25, -0.2) is 9.78 Å². The molecule has 0 saturated heterocycles. The first-order valence-corrected chi connectivity index (χ1v) is 11.3. The Labute approximate surface area is 197 Å². The van der Waals surface area contributed by atoms with E-state index in [0.29, 0.717) is 16.0 Å². The number of benzene rings is 1. The Morgan fingerprint density at radius 3 is 2.68 bits per heavy atom. The average molecular weight is 477 g/mol. The van der Waals surface area contributed by atoms with Crippen LogP contribution in [0.25, 0.3) is 10.2 Å². The Bertz CT molecular complexity index is 1530. The number of aryl methyl sites for hydroxylation is 2. The van der Waals surface area contributed by atoms with Crippen LogP contribution in [-0.2, 0) is 11.3 Å². The molecule has 1 aromatic carbocycles. The van der Waals surface area contributed by atoms with Gasteiger partial charge in [0.15, 0.2) is 11.9 Å². The van der Waals surface area contributed by atoms with Gasteiger partial charge in [0.05, 0.1) is 34.9 Å². The van der Waals surface area contributed by atoms with E-state index in [2.05, 4.69) is 9.97 Å². The van der Waals surface area contributed by atoms with E-state index in [4.69, 9.17) is 9.15 Å². The van der Waals surface area contributed by atoms with Gasteiger partial charge >= 0.3 is 5.97 Å². The molecule has 10 heteroatoms. The van der Waals surface area contributed by atoms with Gasteiger partial charge in [0.1, 0.15) is 10.6 Å². The van der Waals surface area contributed by atoms with Crippen LogP contribution in [0.3, 0.4) is 0 Å². The third-order valence-corrected chi connectivity index (χ3v) is 6.93. The summed E-state index contributed by atoms with van der Waals surface area (Å²) in [4.78, 5) is 60.6. The van der Waals surface area contributed by atoms with Gasteiger partial charge in [0.25, 0.3) is 17.4 Å². The number of amides is 2. The van der Waals surface area contributed by atoms with Crippen molar-refractivity contribution in [3.63, 3.8) is 0 Å². The van der Waals surface area contributed by atoms with Crippen molar-refractivity contribution < 1.29 is 23.5 Å². The second-order valence-electron chi connectivity index (χ2n) is 8.00. The summed E-state index contributed by atoms with van der Waals surface area (Å²) in [5.74, 6) is -0.983. The fourth-order valence-corrected chi connectivity index (χ4v) is 4.90. The Balaban J connectivity index is 1.37. The molecule has 3 aromatic heterocycles. The second-order valence-corrected chi connectivity index (χ2v) is 9.20. The number of esters is 1. The highest BCUT2D eigenvalue weighted by Gasteiger charge is 2.36. The van der Waals surface area contributed by atoms with Crippen molar-refractivity contribution in [1.82, 2.24) is 14.9 Å². The highest BCUT2D eigenvalue weighted by molar-refractivity contribution is 7.18. The lowest BCUT2D eigenvalue weighted by molar-refractivity contribution is 0.0320. The number of fused-ring (bicyclic) bond motifs is 2. The molecular formula is C24H19N3O6S. The number of nitrogens with one attached hydrogen (secondary N) is 1. The Kier molecular flexibility index (Phi) is 5.17. The lowest BCUT2D eigenvalue weighted by atomic mass is 10.1. The maximum atomic E-state index is 12.8. The van der Waals surface area contributed by atoms with Crippen LogP contribution in [0.5, 0.6) is 0 Å². The quantitative estimate of drug-likeness (QED) is 0.341. The summed E-state index contributed by atoms with van der Waals surface area (Å²) in [6.07, 6.45) is 0.622. The van der Waals surface area contributed by atoms with Crippen molar-refractivity contribution in [2.45, 2.75) is 33.4 Å². The number of aromatic nitrogens is 2. The van der Waals surface area contributed by atoms with Gasteiger partial charge in [0.2, 0.25) is 0 Å². The zero-order valence-electron chi connectivity index (χ0n) is 18.5. The van der Waals surface area contributed by atoms with E-state index >= 15 is 0 Å². The molecule has 1 aliphatic heterocycles. The number of nitrogens with zero attached hydrogens (tertiary/aromatic N) is 2. The highest BCUT2D eigenvalue weighted by atomic mass is 32.1. The smallest absolute Gasteiger partial charge is 0.338 e. The fraction of sp³-hybridized carbons (Fsp3) is 0.208. The molecule has 0 radical (unpaired) electrons. The van der Waals surface area contributed by atoms with Crippen molar-refractivity contribution >= 4 is 39.3 Å². The number of carbonyl (C=O) groups is 3. The molecular weight excluding hydrogens is 458 g/mol. The third-order valence-electron chi connectivity index (χ3n) is 5.83. The van der Waals surface area contributed by atoms with Crippen LogP contribution in [-0.4, -0.2) is 32.7 Å². The molecule has 34 heavy (non-hydrogen) atoms. The van der Waals surface area contributed by atoms with Crippen LogP contribution in [0, 0.1) is 13.8 Å². The van der Waals surface area contributed by atoms with Gasteiger partial charge < -0.3 is 14.1 Å². The first-order chi connectivity index (χ1) is 16.2. The predicted octanol–water partition coefficient (Wildman–Crippen LogP) is 3.91. The van der Waals surface area contributed by atoms with Gasteiger partial charge in [-0.15, -0.1) is 11.3 Å². The molecule has 0 spiro atoms. The summed E-state index contributed by atoms with van der Waals surface area (Å²) in [6, 6.07) is 7.55. The summed E-state index contributed by atoms with van der Waals surface area (Å²) >= 11 is 1.40. The predicted molar refractivity (Wildman–Crippen MR) is 123 cm³/mol. The third kappa shape index (κ3) is 3.52. The van der Waals surface area contributed by atoms with Crippen LogP contribution in [0.1, 0.15) is 66.1 Å². The molecule has 9 nitrogen and oxygen atoms in total. The summed E-state index contributed by atoms with van der Waals surface area (Å²) in [5.41, 5.74) is 1.03. The van der Waals surface area contributed by atoms with E-state index in [1.807, 2.05) is 13.8 Å². The lowest BCUT2D eigenvalue weighted by Gasteiger charge is -2.13. The van der Waals surface area contributed by atoms with Crippen LogP contribution < -0.4 is 5.56 Å². The van der Waals surface area contributed by atoms with E-state index in [9.17, 15) is 19.2 Å². The summed E-state index contributed by atoms with van der Waals surface area (Å²) in [6.45, 7) is 5.38. The molecule has 0 fully saturated rings. The topological polar surface area (TPSA) is 123 Å². The molecule has 1 aliphatic rings. The molecule has 4 heterocycles. The maximum absolute atomic E-state index is 12.8. The maximum Gasteiger partial charge on any atom is 0.338 e.